The quantitative estimate of drug-likeness (QED) is 0.761. The van der Waals surface area contributed by atoms with E-state index in [1.54, 1.807) is 11.4 Å². The average Bonchev–Trinajstić information content (AvgIpc) is 2.61. The molecule has 0 N–H and O–H groups in total. The first kappa shape index (κ1) is 15.4. The van der Waals surface area contributed by atoms with E-state index < -0.39 is 18.0 Å². The van der Waals surface area contributed by atoms with Crippen LogP contribution in [0.15, 0.2) is 15.2 Å². The molecular formula is C9H7BrF5NOS. The summed E-state index contributed by atoms with van der Waals surface area (Å²) >= 11 is 4.36. The van der Waals surface area contributed by atoms with Crippen molar-refractivity contribution in [3.8, 4) is 0 Å². The molecule has 9 heteroatoms. The summed E-state index contributed by atoms with van der Waals surface area (Å²) in [6.07, 6.45) is -5.88. The van der Waals surface area contributed by atoms with Gasteiger partial charge in [0.05, 0.1) is 3.79 Å². The van der Waals surface area contributed by atoms with Gasteiger partial charge in [-0.25, -0.2) is 0 Å². The minimum Gasteiger partial charge on any atom is -0.336 e. The molecule has 102 valence electrons. The van der Waals surface area contributed by atoms with Gasteiger partial charge in [-0.15, -0.1) is 11.3 Å². The Bertz CT molecular complexity index is 444. The summed E-state index contributed by atoms with van der Waals surface area (Å²) in [6, 6.07) is 1.54. The van der Waals surface area contributed by atoms with Crippen LogP contribution in [0.5, 0.6) is 0 Å². The Labute approximate surface area is 112 Å². The second-order valence-electron chi connectivity index (χ2n) is 3.49. The summed E-state index contributed by atoms with van der Waals surface area (Å²) in [5, 5.41) is 1.56. The first-order valence-corrected chi connectivity index (χ1v) is 6.16. The van der Waals surface area contributed by atoms with Gasteiger partial charge in [0.1, 0.15) is 0 Å². The maximum atomic E-state index is 12.8. The van der Waals surface area contributed by atoms with Crippen molar-refractivity contribution in [3.63, 3.8) is 0 Å². The van der Waals surface area contributed by atoms with Gasteiger partial charge in [-0.2, -0.15) is 22.0 Å². The van der Waals surface area contributed by atoms with Gasteiger partial charge < -0.3 is 4.90 Å². The zero-order valence-corrected chi connectivity index (χ0v) is 11.3. The van der Waals surface area contributed by atoms with Gasteiger partial charge in [0.15, 0.2) is 0 Å². The van der Waals surface area contributed by atoms with E-state index in [0.29, 0.717) is 14.2 Å². The molecule has 0 radical (unpaired) electrons. The Morgan fingerprint density at radius 3 is 2.33 bits per heavy atom. The fraction of sp³-hybridized carbons (Fsp3) is 0.444. The van der Waals surface area contributed by atoms with E-state index in [9.17, 15) is 26.7 Å². The third-order valence-corrected chi connectivity index (χ3v) is 3.57. The molecule has 1 heterocycles. The monoisotopic (exact) mass is 351 g/mol. The maximum Gasteiger partial charge on any atom is 0.463 e. The number of halogens is 6. The van der Waals surface area contributed by atoms with Gasteiger partial charge in [-0.05, 0) is 32.9 Å². The molecular weight excluding hydrogens is 345 g/mol. The molecule has 0 saturated heterocycles. The molecule has 0 fully saturated rings. The number of rotatable bonds is 3. The minimum atomic E-state index is -5.88. The van der Waals surface area contributed by atoms with Gasteiger partial charge in [0.2, 0.25) is 0 Å². The number of alkyl halides is 5. The lowest BCUT2D eigenvalue weighted by Crippen LogP contribution is -2.50. The number of carbonyl (C=O) groups excluding carboxylic acids is 1. The fourth-order valence-electron chi connectivity index (χ4n) is 1.14. The Balaban J connectivity index is 2.79. The van der Waals surface area contributed by atoms with Gasteiger partial charge in [0.25, 0.3) is 0 Å². The lowest BCUT2D eigenvalue weighted by Gasteiger charge is -2.24. The second-order valence-corrected chi connectivity index (χ2v) is 5.78. The van der Waals surface area contributed by atoms with Gasteiger partial charge >= 0.3 is 18.0 Å². The molecule has 18 heavy (non-hydrogen) atoms. The number of amides is 1. The highest BCUT2D eigenvalue weighted by atomic mass is 79.9. The van der Waals surface area contributed by atoms with Crippen LogP contribution in [0.1, 0.15) is 5.56 Å². The molecule has 1 amide bonds. The van der Waals surface area contributed by atoms with Crippen LogP contribution in [0.4, 0.5) is 22.0 Å². The third kappa shape index (κ3) is 3.19. The van der Waals surface area contributed by atoms with Crippen molar-refractivity contribution in [2.45, 2.75) is 18.6 Å². The Kier molecular flexibility index (Phi) is 4.37. The molecule has 1 aromatic rings. The van der Waals surface area contributed by atoms with E-state index in [2.05, 4.69) is 15.9 Å². The maximum absolute atomic E-state index is 12.8. The highest BCUT2D eigenvalue weighted by Gasteiger charge is 2.64. The lowest BCUT2D eigenvalue weighted by molar-refractivity contribution is -0.274. The molecule has 0 aliphatic rings. The summed E-state index contributed by atoms with van der Waals surface area (Å²) in [7, 11) is 0.896. The smallest absolute Gasteiger partial charge is 0.336 e. The van der Waals surface area contributed by atoms with Crippen LogP contribution in [0, 0.1) is 0 Å². The molecule has 1 aromatic heterocycles. The standard InChI is InChI=1S/C9H7BrF5NOS/c1-16(3-5-2-6(10)18-4-5)7(17)8(11,12)9(13,14)15/h2,4H,3H2,1H3. The van der Waals surface area contributed by atoms with Crippen LogP contribution in [0.25, 0.3) is 0 Å². The van der Waals surface area contributed by atoms with Crippen LogP contribution < -0.4 is 0 Å². The van der Waals surface area contributed by atoms with Crippen molar-refractivity contribution >= 4 is 33.2 Å². The molecule has 0 aliphatic heterocycles. The van der Waals surface area contributed by atoms with E-state index in [1.165, 1.54) is 11.3 Å². The molecule has 0 aliphatic carbocycles. The topological polar surface area (TPSA) is 20.3 Å². The van der Waals surface area contributed by atoms with E-state index in [0.717, 1.165) is 7.05 Å². The average molecular weight is 352 g/mol. The Morgan fingerprint density at radius 1 is 1.39 bits per heavy atom. The number of hydrogen-bond acceptors (Lipinski definition) is 2. The highest BCUT2D eigenvalue weighted by molar-refractivity contribution is 9.11. The van der Waals surface area contributed by atoms with Crippen molar-refractivity contribution in [1.29, 1.82) is 0 Å². The summed E-state index contributed by atoms with van der Waals surface area (Å²) < 4.78 is 62.2. The SMILES string of the molecule is CN(Cc1csc(Br)c1)C(=O)C(F)(F)C(F)(F)F. The fourth-order valence-corrected chi connectivity index (χ4v) is 2.34. The molecule has 0 aromatic carbocycles. The van der Waals surface area contributed by atoms with Gasteiger partial charge in [0, 0.05) is 13.6 Å². The van der Waals surface area contributed by atoms with Crippen LogP contribution in [-0.2, 0) is 11.3 Å². The predicted molar refractivity (Wildman–Crippen MR) is 59.5 cm³/mol. The van der Waals surface area contributed by atoms with Crippen LogP contribution >= 0.6 is 27.3 Å². The van der Waals surface area contributed by atoms with E-state index >= 15 is 0 Å². The highest BCUT2D eigenvalue weighted by Crippen LogP contribution is 2.37. The van der Waals surface area contributed by atoms with Crippen molar-refractivity contribution in [1.82, 2.24) is 4.90 Å². The zero-order valence-electron chi connectivity index (χ0n) is 8.89. The van der Waals surface area contributed by atoms with Crippen molar-refractivity contribution in [2.75, 3.05) is 7.05 Å². The Morgan fingerprint density at radius 2 is 1.94 bits per heavy atom. The van der Waals surface area contributed by atoms with E-state index in [1.807, 2.05) is 0 Å². The number of hydrogen-bond donors (Lipinski definition) is 0. The largest absolute Gasteiger partial charge is 0.463 e. The molecule has 0 atom stereocenters. The number of nitrogens with zero attached hydrogens (tertiary/aromatic N) is 1. The van der Waals surface area contributed by atoms with E-state index in [4.69, 9.17) is 0 Å². The molecule has 2 nitrogen and oxygen atoms in total. The first-order valence-electron chi connectivity index (χ1n) is 4.48. The molecule has 0 spiro atoms. The summed E-state index contributed by atoms with van der Waals surface area (Å²) in [4.78, 5) is 11.4. The Hall–Kier alpha value is -0.700. The molecule has 0 unspecified atom stereocenters. The predicted octanol–water partition coefficient (Wildman–Crippen LogP) is 3.67. The van der Waals surface area contributed by atoms with Crippen molar-refractivity contribution in [3.05, 3.63) is 20.8 Å². The van der Waals surface area contributed by atoms with Crippen LogP contribution in [0.2, 0.25) is 0 Å². The zero-order chi connectivity index (χ0) is 14.1. The number of thiophene rings is 1. The van der Waals surface area contributed by atoms with E-state index in [-0.39, 0.29) is 6.54 Å². The molecule has 0 bridgehead atoms. The summed E-state index contributed by atoms with van der Waals surface area (Å²) in [5.41, 5.74) is 0.473. The molecule has 1 rings (SSSR count). The lowest BCUT2D eigenvalue weighted by atomic mass is 10.2. The number of carbonyl (C=O) groups is 1. The normalized spacial score (nSPS) is 12.6. The van der Waals surface area contributed by atoms with Gasteiger partial charge in [-0.1, -0.05) is 0 Å². The molecule has 0 saturated carbocycles. The first-order chi connectivity index (χ1) is 8.05. The van der Waals surface area contributed by atoms with Crippen molar-refractivity contribution < 1.29 is 26.7 Å². The van der Waals surface area contributed by atoms with Gasteiger partial charge in [-0.3, -0.25) is 4.79 Å². The van der Waals surface area contributed by atoms with Crippen molar-refractivity contribution in [2.24, 2.45) is 0 Å². The summed E-state index contributed by atoms with van der Waals surface area (Å²) in [5.74, 6) is -7.63. The van der Waals surface area contributed by atoms with Crippen LogP contribution in [0.3, 0.4) is 0 Å². The second kappa shape index (κ2) is 5.12. The van der Waals surface area contributed by atoms with Crippen LogP contribution in [-0.4, -0.2) is 30.0 Å². The third-order valence-electron chi connectivity index (χ3n) is 2.01. The minimum absolute atomic E-state index is 0.313. The summed E-state index contributed by atoms with van der Waals surface area (Å²) in [6.45, 7) is -0.313.